The molecule has 2 aromatic rings. The minimum atomic E-state index is -1.03. The van der Waals surface area contributed by atoms with Crippen LogP contribution in [0.5, 0.6) is 0 Å². The highest BCUT2D eigenvalue weighted by Crippen LogP contribution is 2.29. The predicted molar refractivity (Wildman–Crippen MR) is 71.4 cm³/mol. The Morgan fingerprint density at radius 2 is 2.37 bits per heavy atom. The molecule has 0 bridgehead atoms. The van der Waals surface area contributed by atoms with E-state index in [-0.39, 0.29) is 6.42 Å². The highest BCUT2D eigenvalue weighted by molar-refractivity contribution is 7.17. The van der Waals surface area contributed by atoms with Crippen molar-refractivity contribution in [2.75, 3.05) is 0 Å². The van der Waals surface area contributed by atoms with Crippen molar-refractivity contribution in [3.05, 3.63) is 35.1 Å². The first-order chi connectivity index (χ1) is 9.15. The first-order valence-electron chi connectivity index (χ1n) is 5.79. The quantitative estimate of drug-likeness (QED) is 0.846. The van der Waals surface area contributed by atoms with Crippen molar-refractivity contribution in [2.24, 2.45) is 4.99 Å². The van der Waals surface area contributed by atoms with Crippen LogP contribution in [0.1, 0.15) is 21.8 Å². The van der Waals surface area contributed by atoms with Gasteiger partial charge in [-0.2, -0.15) is 0 Å². The monoisotopic (exact) mass is 275 g/mol. The molecule has 1 fully saturated rings. The van der Waals surface area contributed by atoms with Gasteiger partial charge in [0.05, 0.1) is 11.4 Å². The predicted octanol–water partition coefficient (Wildman–Crippen LogP) is 2.84. The van der Waals surface area contributed by atoms with Crippen LogP contribution in [0, 0.1) is 6.92 Å². The van der Waals surface area contributed by atoms with Crippen LogP contribution in [0.4, 0.5) is 4.39 Å². The van der Waals surface area contributed by atoms with Crippen molar-refractivity contribution in [3.8, 4) is 10.6 Å². The Balaban J connectivity index is 1.92. The second kappa shape index (κ2) is 4.62. The highest BCUT2D eigenvalue weighted by atomic mass is 32.1. The van der Waals surface area contributed by atoms with E-state index in [2.05, 4.69) is 15.0 Å². The number of halogens is 1. The molecule has 1 atom stereocenters. The van der Waals surface area contributed by atoms with Gasteiger partial charge in [-0.15, -0.1) is 11.3 Å². The lowest BCUT2D eigenvalue weighted by Gasteiger charge is -1.92. The largest absolute Gasteiger partial charge is 0.289 e. The van der Waals surface area contributed by atoms with E-state index in [0.29, 0.717) is 16.3 Å². The Morgan fingerprint density at radius 1 is 1.58 bits per heavy atom. The summed E-state index contributed by atoms with van der Waals surface area (Å²) < 4.78 is 12.7. The van der Waals surface area contributed by atoms with E-state index in [4.69, 9.17) is 0 Å². The zero-order valence-corrected chi connectivity index (χ0v) is 10.9. The number of thiazole rings is 1. The molecule has 0 aromatic carbocycles. The third-order valence-corrected chi connectivity index (χ3v) is 3.93. The van der Waals surface area contributed by atoms with Gasteiger partial charge < -0.3 is 0 Å². The average molecular weight is 275 g/mol. The van der Waals surface area contributed by atoms with Crippen molar-refractivity contribution in [1.82, 2.24) is 9.97 Å². The lowest BCUT2D eigenvalue weighted by Crippen LogP contribution is -1.95. The van der Waals surface area contributed by atoms with Crippen molar-refractivity contribution < 1.29 is 9.18 Å². The number of amides is 1. The van der Waals surface area contributed by atoms with Crippen LogP contribution in [-0.4, -0.2) is 27.8 Å². The molecule has 0 radical (unpaired) electrons. The summed E-state index contributed by atoms with van der Waals surface area (Å²) in [6.45, 7) is 1.75. The van der Waals surface area contributed by atoms with Crippen LogP contribution < -0.4 is 0 Å². The van der Waals surface area contributed by atoms with Crippen LogP contribution in [-0.2, 0) is 0 Å². The Morgan fingerprint density at radius 3 is 3.00 bits per heavy atom. The summed E-state index contributed by atoms with van der Waals surface area (Å²) >= 11 is 1.26. The van der Waals surface area contributed by atoms with Crippen molar-refractivity contribution >= 4 is 23.0 Å². The Bertz CT molecular complexity index is 666. The Hall–Kier alpha value is -1.95. The standard InChI is InChI=1S/C13H10FN3OS/c1-7-11(12(18)17-10-5-9(10)14)19-13(16-7)8-3-2-4-15-6-8/h2-4,6,9H,5H2,1H3/b17-10-/t9-/m0/s1. The first kappa shape index (κ1) is 12.1. The molecule has 2 aromatic heterocycles. The van der Waals surface area contributed by atoms with Crippen molar-refractivity contribution in [2.45, 2.75) is 19.5 Å². The molecule has 1 aliphatic carbocycles. The molecule has 1 saturated carbocycles. The fourth-order valence-corrected chi connectivity index (χ4v) is 2.57. The molecule has 4 nitrogen and oxygen atoms in total. The zero-order chi connectivity index (χ0) is 13.4. The van der Waals surface area contributed by atoms with Gasteiger partial charge >= 0.3 is 0 Å². The summed E-state index contributed by atoms with van der Waals surface area (Å²) in [6, 6.07) is 3.69. The number of nitrogens with zero attached hydrogens (tertiary/aromatic N) is 3. The van der Waals surface area contributed by atoms with Crippen LogP contribution in [0.15, 0.2) is 29.5 Å². The first-order valence-corrected chi connectivity index (χ1v) is 6.60. The molecule has 19 heavy (non-hydrogen) atoms. The molecule has 2 heterocycles. The lowest BCUT2D eigenvalue weighted by molar-refractivity contribution is 0.101. The zero-order valence-electron chi connectivity index (χ0n) is 10.1. The van der Waals surface area contributed by atoms with Gasteiger partial charge in [-0.3, -0.25) is 9.78 Å². The molecule has 3 rings (SSSR count). The SMILES string of the molecule is Cc1nc(-c2cccnc2)sc1C(=O)/N=C1/C[C@@H]1F. The number of aryl methyl sites for hydroxylation is 1. The highest BCUT2D eigenvalue weighted by Gasteiger charge is 2.33. The maximum atomic E-state index is 12.7. The van der Waals surface area contributed by atoms with Gasteiger partial charge in [0.1, 0.15) is 16.1 Å². The van der Waals surface area contributed by atoms with E-state index in [0.717, 1.165) is 10.6 Å². The van der Waals surface area contributed by atoms with Gasteiger partial charge in [0.2, 0.25) is 0 Å². The smallest absolute Gasteiger partial charge is 0.266 e. The molecule has 0 N–H and O–H groups in total. The van der Waals surface area contributed by atoms with E-state index in [1.54, 1.807) is 19.3 Å². The van der Waals surface area contributed by atoms with Gasteiger partial charge in [-0.25, -0.2) is 14.4 Å². The molecule has 6 heteroatoms. The fourth-order valence-electron chi connectivity index (χ4n) is 1.63. The number of aliphatic imine (C=N–C) groups is 1. The molecular formula is C13H10FN3OS. The Labute approximate surface area is 113 Å². The van der Waals surface area contributed by atoms with Crippen molar-refractivity contribution in [1.29, 1.82) is 0 Å². The summed E-state index contributed by atoms with van der Waals surface area (Å²) in [6.07, 6.45) is 2.61. The maximum Gasteiger partial charge on any atom is 0.289 e. The second-order valence-corrected chi connectivity index (χ2v) is 5.25. The molecular weight excluding hydrogens is 265 g/mol. The number of alkyl halides is 1. The van der Waals surface area contributed by atoms with Crippen LogP contribution in [0.3, 0.4) is 0 Å². The second-order valence-electron chi connectivity index (χ2n) is 4.26. The maximum absolute atomic E-state index is 12.7. The molecule has 0 aliphatic heterocycles. The van der Waals surface area contributed by atoms with Gasteiger partial charge in [0.25, 0.3) is 5.91 Å². The topological polar surface area (TPSA) is 55.2 Å². The molecule has 0 saturated heterocycles. The lowest BCUT2D eigenvalue weighted by atomic mass is 10.3. The minimum absolute atomic E-state index is 0.277. The van der Waals surface area contributed by atoms with Crippen LogP contribution in [0.2, 0.25) is 0 Å². The van der Waals surface area contributed by atoms with Gasteiger partial charge in [0.15, 0.2) is 0 Å². The summed E-state index contributed by atoms with van der Waals surface area (Å²) in [7, 11) is 0. The third kappa shape index (κ3) is 2.44. The summed E-state index contributed by atoms with van der Waals surface area (Å²) in [5.74, 6) is -0.403. The number of hydrogen-bond acceptors (Lipinski definition) is 4. The normalized spacial score (nSPS) is 19.7. The third-order valence-electron chi connectivity index (χ3n) is 2.73. The van der Waals surface area contributed by atoms with E-state index in [1.165, 1.54) is 11.3 Å². The molecule has 0 unspecified atom stereocenters. The summed E-state index contributed by atoms with van der Waals surface area (Å²) in [5.41, 5.74) is 1.81. The van der Waals surface area contributed by atoms with Gasteiger partial charge in [0, 0.05) is 24.4 Å². The summed E-state index contributed by atoms with van der Waals surface area (Å²) in [4.78, 5) is 24.5. The number of hydrogen-bond donors (Lipinski definition) is 0. The minimum Gasteiger partial charge on any atom is -0.266 e. The number of carbonyl (C=O) groups excluding carboxylic acids is 1. The average Bonchev–Trinajstić information content (AvgIpc) is 2.95. The van der Waals surface area contributed by atoms with E-state index in [9.17, 15) is 9.18 Å². The van der Waals surface area contributed by atoms with E-state index < -0.39 is 12.1 Å². The van der Waals surface area contributed by atoms with Crippen LogP contribution in [0.25, 0.3) is 10.6 Å². The molecule has 1 amide bonds. The van der Waals surface area contributed by atoms with E-state index in [1.807, 2.05) is 12.1 Å². The number of pyridine rings is 1. The number of carbonyl (C=O) groups is 1. The van der Waals surface area contributed by atoms with Gasteiger partial charge in [-0.1, -0.05) is 0 Å². The molecule has 0 spiro atoms. The van der Waals surface area contributed by atoms with Gasteiger partial charge in [-0.05, 0) is 19.1 Å². The van der Waals surface area contributed by atoms with Crippen molar-refractivity contribution in [3.63, 3.8) is 0 Å². The summed E-state index contributed by atoms with van der Waals surface area (Å²) in [5, 5.41) is 0.724. The van der Waals surface area contributed by atoms with Crippen LogP contribution >= 0.6 is 11.3 Å². The fraction of sp³-hybridized carbons (Fsp3) is 0.231. The molecule has 96 valence electrons. The molecule has 1 aliphatic rings. The number of rotatable bonds is 2. The van der Waals surface area contributed by atoms with E-state index >= 15 is 0 Å². The number of aromatic nitrogens is 2. The Kier molecular flexibility index (Phi) is 2.94.